The van der Waals surface area contributed by atoms with Crippen LogP contribution in [-0.4, -0.2) is 77.7 Å². The zero-order chi connectivity index (χ0) is 19.1. The molecule has 4 unspecified atom stereocenters. The largest absolute Gasteiger partial charge is 0.548 e. The van der Waals surface area contributed by atoms with Crippen LogP contribution in [0.2, 0.25) is 0 Å². The Morgan fingerprint density at radius 3 is 2.46 bits per heavy atom. The summed E-state index contributed by atoms with van der Waals surface area (Å²) in [4.78, 5) is 40.7. The van der Waals surface area contributed by atoms with Gasteiger partial charge in [-0.25, -0.2) is 4.79 Å². The molecule has 0 aromatic carbocycles. The third kappa shape index (κ3) is 3.71. The second-order valence-electron chi connectivity index (χ2n) is 8.29. The van der Waals surface area contributed by atoms with E-state index in [1.807, 2.05) is 0 Å². The van der Waals surface area contributed by atoms with E-state index in [1.54, 1.807) is 25.7 Å². The van der Waals surface area contributed by atoms with Gasteiger partial charge in [0.2, 0.25) is 0 Å². The first-order chi connectivity index (χ1) is 12.2. The van der Waals surface area contributed by atoms with Gasteiger partial charge < -0.3 is 19.4 Å². The number of Topliss-reactive ketones (excluding diaryl/α,β-unsaturated/α-hetero) is 1. The van der Waals surface area contributed by atoms with Crippen molar-refractivity contribution in [2.75, 3.05) is 26.3 Å². The average molecular weight is 367 g/mol. The molecule has 4 atom stereocenters. The van der Waals surface area contributed by atoms with Gasteiger partial charge in [0.15, 0.2) is 5.78 Å². The molecule has 3 heterocycles. The second kappa shape index (κ2) is 7.15. The van der Waals surface area contributed by atoms with Crippen LogP contribution >= 0.6 is 0 Å². The minimum Gasteiger partial charge on any atom is -0.548 e. The zero-order valence-electron chi connectivity index (χ0n) is 15.6. The van der Waals surface area contributed by atoms with E-state index in [2.05, 4.69) is 0 Å². The Morgan fingerprint density at radius 1 is 1.23 bits per heavy atom. The van der Waals surface area contributed by atoms with Gasteiger partial charge in [0.1, 0.15) is 5.60 Å². The third-order valence-electron chi connectivity index (χ3n) is 5.39. The molecule has 2 bridgehead atoms. The van der Waals surface area contributed by atoms with Gasteiger partial charge in [-0.05, 0) is 40.0 Å². The molecule has 0 aliphatic carbocycles. The van der Waals surface area contributed by atoms with Gasteiger partial charge >= 0.3 is 6.09 Å². The van der Waals surface area contributed by atoms with Crippen molar-refractivity contribution in [1.82, 2.24) is 9.80 Å². The van der Waals surface area contributed by atoms with Crippen LogP contribution in [0.5, 0.6) is 0 Å². The van der Waals surface area contributed by atoms with Gasteiger partial charge in [-0.2, -0.15) is 0 Å². The molecular weight excluding hydrogens is 340 g/mol. The lowest BCUT2D eigenvalue weighted by atomic mass is 9.83. The van der Waals surface area contributed by atoms with Gasteiger partial charge in [-0.1, -0.05) is 0 Å². The Bertz CT molecular complexity index is 581. The molecule has 0 N–H and O–H groups in total. The Morgan fingerprint density at radius 2 is 1.88 bits per heavy atom. The van der Waals surface area contributed by atoms with Crippen LogP contribution in [0.4, 0.5) is 4.79 Å². The number of ketones is 1. The van der Waals surface area contributed by atoms with E-state index < -0.39 is 35.7 Å². The molecule has 0 radical (unpaired) electrons. The van der Waals surface area contributed by atoms with Gasteiger partial charge in [0.05, 0.1) is 31.3 Å². The van der Waals surface area contributed by atoms with Gasteiger partial charge in [0.25, 0.3) is 0 Å². The monoisotopic (exact) mass is 367 g/mol. The van der Waals surface area contributed by atoms with Crippen molar-refractivity contribution in [3.05, 3.63) is 0 Å². The lowest BCUT2D eigenvalue weighted by Crippen LogP contribution is -2.62. The molecule has 3 aliphatic rings. The van der Waals surface area contributed by atoms with Crippen molar-refractivity contribution in [3.63, 3.8) is 0 Å². The van der Waals surface area contributed by atoms with Crippen LogP contribution < -0.4 is 5.11 Å². The maximum absolute atomic E-state index is 13.1. The Hall–Kier alpha value is -1.67. The van der Waals surface area contributed by atoms with E-state index in [9.17, 15) is 19.5 Å². The molecule has 3 aliphatic heterocycles. The minimum atomic E-state index is -1.23. The number of hydrogen-bond acceptors (Lipinski definition) is 7. The third-order valence-corrected chi connectivity index (χ3v) is 5.39. The number of ether oxygens (including phenoxy) is 2. The first-order valence-corrected chi connectivity index (χ1v) is 9.27. The van der Waals surface area contributed by atoms with Crippen LogP contribution in [0.25, 0.3) is 0 Å². The summed E-state index contributed by atoms with van der Waals surface area (Å²) < 4.78 is 10.7. The summed E-state index contributed by atoms with van der Waals surface area (Å²) in [6, 6.07) is -1.73. The van der Waals surface area contributed by atoms with Gasteiger partial charge in [0, 0.05) is 25.0 Å². The average Bonchev–Trinajstić information content (AvgIpc) is 2.89. The summed E-state index contributed by atoms with van der Waals surface area (Å²) in [5.74, 6) is -2.07. The zero-order valence-corrected chi connectivity index (χ0v) is 15.6. The highest BCUT2D eigenvalue weighted by Crippen LogP contribution is 2.39. The van der Waals surface area contributed by atoms with Crippen molar-refractivity contribution in [2.24, 2.45) is 5.92 Å². The van der Waals surface area contributed by atoms with Crippen molar-refractivity contribution in [2.45, 2.75) is 63.8 Å². The minimum absolute atomic E-state index is 0.166. The maximum Gasteiger partial charge on any atom is 0.411 e. The lowest BCUT2D eigenvalue weighted by Gasteiger charge is -2.44. The normalized spacial score (nSPS) is 31.0. The summed E-state index contributed by atoms with van der Waals surface area (Å²) in [7, 11) is 0. The number of rotatable bonds is 3. The number of carboxylic acids is 1. The van der Waals surface area contributed by atoms with E-state index in [0.29, 0.717) is 45.6 Å². The lowest BCUT2D eigenvalue weighted by molar-refractivity contribution is -0.314. The summed E-state index contributed by atoms with van der Waals surface area (Å²) >= 11 is 0. The Kier molecular flexibility index (Phi) is 5.25. The summed E-state index contributed by atoms with van der Waals surface area (Å²) in [6.07, 6.45) is 1.09. The van der Waals surface area contributed by atoms with Crippen LogP contribution in [0.3, 0.4) is 0 Å². The standard InChI is InChI=1S/C18H28N2O6/c1-18(2,3)26-17(24)20-11-4-5-13(20)15(21)12(10-11)14(16(22)23)19-6-8-25-9-7-19/h11-14H,4-10H2,1-3H3,(H,22,23)/p-1. The number of carbonyl (C=O) groups is 3. The number of amides is 1. The van der Waals surface area contributed by atoms with Crippen LogP contribution in [-0.2, 0) is 19.1 Å². The summed E-state index contributed by atoms with van der Waals surface area (Å²) in [5, 5.41) is 11.8. The molecule has 0 spiro atoms. The van der Waals surface area contributed by atoms with E-state index in [-0.39, 0.29) is 11.8 Å². The number of nitrogens with zero attached hydrogens (tertiary/aromatic N) is 2. The summed E-state index contributed by atoms with van der Waals surface area (Å²) in [6.45, 7) is 7.17. The molecule has 3 fully saturated rings. The number of morpholine rings is 1. The van der Waals surface area contributed by atoms with Gasteiger partial charge in [-0.3, -0.25) is 14.6 Å². The first-order valence-electron chi connectivity index (χ1n) is 9.27. The number of piperidine rings is 1. The molecule has 3 saturated heterocycles. The SMILES string of the molecule is CC(C)(C)OC(=O)N1C2CCC1C(=O)C(C(C(=O)[O-])N1CCOCC1)C2. The smallest absolute Gasteiger partial charge is 0.411 e. The summed E-state index contributed by atoms with van der Waals surface area (Å²) in [5.41, 5.74) is -0.641. The van der Waals surface area contributed by atoms with Crippen molar-refractivity contribution >= 4 is 17.8 Å². The fraction of sp³-hybridized carbons (Fsp3) is 0.833. The highest BCUT2D eigenvalue weighted by Gasteiger charge is 2.52. The van der Waals surface area contributed by atoms with Crippen molar-refractivity contribution in [3.8, 4) is 0 Å². The molecule has 8 heteroatoms. The number of carbonyl (C=O) groups excluding carboxylic acids is 3. The topological polar surface area (TPSA) is 99.2 Å². The van der Waals surface area contributed by atoms with Crippen LogP contribution in [0.15, 0.2) is 0 Å². The van der Waals surface area contributed by atoms with Crippen molar-refractivity contribution in [1.29, 1.82) is 0 Å². The number of hydrogen-bond donors (Lipinski definition) is 0. The predicted molar refractivity (Wildman–Crippen MR) is 89.2 cm³/mol. The maximum atomic E-state index is 13.1. The highest BCUT2D eigenvalue weighted by molar-refractivity contribution is 5.95. The van der Waals surface area contributed by atoms with Crippen LogP contribution in [0.1, 0.15) is 40.0 Å². The van der Waals surface area contributed by atoms with E-state index in [4.69, 9.17) is 9.47 Å². The fourth-order valence-electron chi connectivity index (χ4n) is 4.35. The Labute approximate surface area is 153 Å². The Balaban J connectivity index is 1.78. The molecule has 3 rings (SSSR count). The molecular formula is C18H27N2O6-. The quantitative estimate of drug-likeness (QED) is 0.681. The molecule has 1 amide bonds. The van der Waals surface area contributed by atoms with Crippen molar-refractivity contribution < 1.29 is 29.0 Å². The second-order valence-corrected chi connectivity index (χ2v) is 8.29. The molecule has 0 saturated carbocycles. The fourth-order valence-corrected chi connectivity index (χ4v) is 4.35. The molecule has 0 aromatic rings. The highest BCUT2D eigenvalue weighted by atomic mass is 16.6. The molecule has 146 valence electrons. The number of aliphatic carboxylic acids is 1. The van der Waals surface area contributed by atoms with Crippen LogP contribution in [0, 0.1) is 5.92 Å². The molecule has 0 aromatic heterocycles. The molecule has 26 heavy (non-hydrogen) atoms. The number of fused-ring (bicyclic) bond motifs is 2. The van der Waals surface area contributed by atoms with Gasteiger partial charge in [-0.15, -0.1) is 0 Å². The molecule has 8 nitrogen and oxygen atoms in total. The van der Waals surface area contributed by atoms with E-state index >= 15 is 0 Å². The van der Waals surface area contributed by atoms with E-state index in [1.165, 1.54) is 4.90 Å². The van der Waals surface area contributed by atoms with E-state index in [0.717, 1.165) is 0 Å². The number of carboxylic acid groups (broad SMARTS) is 1. The predicted octanol–water partition coefficient (Wildman–Crippen LogP) is -0.206. The first kappa shape index (κ1) is 19.1.